The van der Waals surface area contributed by atoms with E-state index in [0.717, 1.165) is 4.88 Å². The number of nitrogen functional groups attached to an aromatic ring is 1. The van der Waals surface area contributed by atoms with Crippen LogP contribution in [0.5, 0.6) is 0 Å². The molecule has 1 aromatic rings. The van der Waals surface area contributed by atoms with Gasteiger partial charge in [0.25, 0.3) is 0 Å². The van der Waals surface area contributed by atoms with Crippen LogP contribution in [-0.2, 0) is 15.6 Å². The molecule has 0 radical (unpaired) electrons. The third kappa shape index (κ3) is 2.90. The molecule has 0 aliphatic rings. The molecule has 5 heteroatoms. The quantitative estimate of drug-likeness (QED) is 0.754. The van der Waals surface area contributed by atoms with Crippen LogP contribution in [-0.4, -0.2) is 14.7 Å². The SMILES string of the molecule is CS(=O)(=O)Cc1ccc(N)s1. The van der Waals surface area contributed by atoms with E-state index in [2.05, 4.69) is 0 Å². The molecule has 11 heavy (non-hydrogen) atoms. The van der Waals surface area contributed by atoms with Crippen LogP contribution in [0, 0.1) is 0 Å². The lowest BCUT2D eigenvalue weighted by Gasteiger charge is -1.91. The lowest BCUT2D eigenvalue weighted by Crippen LogP contribution is -1.98. The zero-order valence-electron chi connectivity index (χ0n) is 6.07. The fraction of sp³-hybridized carbons (Fsp3) is 0.333. The number of hydrogen-bond acceptors (Lipinski definition) is 4. The lowest BCUT2D eigenvalue weighted by molar-refractivity contribution is 0.601. The normalized spacial score (nSPS) is 11.7. The van der Waals surface area contributed by atoms with E-state index in [1.807, 2.05) is 0 Å². The van der Waals surface area contributed by atoms with Crippen molar-refractivity contribution in [1.29, 1.82) is 0 Å². The second kappa shape index (κ2) is 2.83. The molecule has 1 aromatic heterocycles. The van der Waals surface area contributed by atoms with Gasteiger partial charge in [-0.25, -0.2) is 8.42 Å². The smallest absolute Gasteiger partial charge is 0.152 e. The van der Waals surface area contributed by atoms with Crippen molar-refractivity contribution >= 4 is 26.2 Å². The molecule has 0 bridgehead atoms. The van der Waals surface area contributed by atoms with E-state index in [0.29, 0.717) is 5.00 Å². The molecule has 1 rings (SSSR count). The van der Waals surface area contributed by atoms with Crippen molar-refractivity contribution < 1.29 is 8.42 Å². The maximum atomic E-state index is 10.8. The Kier molecular flexibility index (Phi) is 2.20. The second-order valence-corrected chi connectivity index (χ2v) is 5.71. The summed E-state index contributed by atoms with van der Waals surface area (Å²) in [5.41, 5.74) is 5.42. The molecule has 0 saturated heterocycles. The molecule has 0 fully saturated rings. The Morgan fingerprint density at radius 3 is 2.55 bits per heavy atom. The molecule has 62 valence electrons. The first-order chi connectivity index (χ1) is 4.97. The van der Waals surface area contributed by atoms with Crippen LogP contribution in [0.25, 0.3) is 0 Å². The van der Waals surface area contributed by atoms with Crippen LogP contribution in [0.4, 0.5) is 5.00 Å². The van der Waals surface area contributed by atoms with Crippen LogP contribution in [0.3, 0.4) is 0 Å². The molecular formula is C6H9NO2S2. The minimum atomic E-state index is -2.91. The van der Waals surface area contributed by atoms with Crippen LogP contribution < -0.4 is 5.73 Å². The van der Waals surface area contributed by atoms with Gasteiger partial charge >= 0.3 is 0 Å². The van der Waals surface area contributed by atoms with Gasteiger partial charge in [0.2, 0.25) is 0 Å². The Balaban J connectivity index is 2.81. The van der Waals surface area contributed by atoms with Crippen molar-refractivity contribution in [2.24, 2.45) is 0 Å². The molecule has 0 spiro atoms. The van der Waals surface area contributed by atoms with Crippen LogP contribution >= 0.6 is 11.3 Å². The average Bonchev–Trinajstić information content (AvgIpc) is 2.10. The van der Waals surface area contributed by atoms with Crippen molar-refractivity contribution in [2.75, 3.05) is 12.0 Å². The number of anilines is 1. The van der Waals surface area contributed by atoms with Gasteiger partial charge in [0.1, 0.15) is 0 Å². The van der Waals surface area contributed by atoms with Crippen LogP contribution in [0.15, 0.2) is 12.1 Å². The molecule has 3 nitrogen and oxygen atoms in total. The first kappa shape index (κ1) is 8.55. The molecular weight excluding hydrogens is 182 g/mol. The van der Waals surface area contributed by atoms with E-state index in [4.69, 9.17) is 5.73 Å². The van der Waals surface area contributed by atoms with Gasteiger partial charge < -0.3 is 5.73 Å². The highest BCUT2D eigenvalue weighted by Gasteiger charge is 2.05. The van der Waals surface area contributed by atoms with Gasteiger partial charge in [0.15, 0.2) is 9.84 Å². The first-order valence-electron chi connectivity index (χ1n) is 2.99. The topological polar surface area (TPSA) is 60.2 Å². The van der Waals surface area contributed by atoms with E-state index >= 15 is 0 Å². The zero-order valence-corrected chi connectivity index (χ0v) is 7.71. The minimum Gasteiger partial charge on any atom is -0.391 e. The van der Waals surface area contributed by atoms with Gasteiger partial charge in [-0.3, -0.25) is 0 Å². The molecule has 0 amide bonds. The predicted molar refractivity (Wildman–Crippen MR) is 47.3 cm³/mol. The van der Waals surface area contributed by atoms with Crippen molar-refractivity contribution in [1.82, 2.24) is 0 Å². The van der Waals surface area contributed by atoms with E-state index in [1.165, 1.54) is 17.6 Å². The largest absolute Gasteiger partial charge is 0.391 e. The molecule has 0 atom stereocenters. The lowest BCUT2D eigenvalue weighted by atomic mass is 10.5. The third-order valence-corrected chi connectivity index (χ3v) is 3.02. The fourth-order valence-corrected chi connectivity index (χ4v) is 2.80. The molecule has 1 heterocycles. The number of nitrogens with two attached hydrogens (primary N) is 1. The molecule has 0 saturated carbocycles. The monoisotopic (exact) mass is 191 g/mol. The summed E-state index contributed by atoms with van der Waals surface area (Å²) in [6.45, 7) is 0. The van der Waals surface area contributed by atoms with Crippen molar-refractivity contribution in [3.05, 3.63) is 17.0 Å². The summed E-state index contributed by atoms with van der Waals surface area (Å²) in [5, 5.41) is 0.656. The summed E-state index contributed by atoms with van der Waals surface area (Å²) in [5.74, 6) is 0.0921. The first-order valence-corrected chi connectivity index (χ1v) is 5.87. The summed E-state index contributed by atoms with van der Waals surface area (Å²) in [6, 6.07) is 3.45. The minimum absolute atomic E-state index is 0.0921. The highest BCUT2D eigenvalue weighted by Crippen LogP contribution is 2.19. The number of rotatable bonds is 2. The Morgan fingerprint density at radius 2 is 2.18 bits per heavy atom. The fourth-order valence-electron chi connectivity index (χ4n) is 0.730. The Labute approximate surface area is 69.8 Å². The van der Waals surface area contributed by atoms with Gasteiger partial charge in [-0.15, -0.1) is 11.3 Å². The summed E-state index contributed by atoms with van der Waals surface area (Å²) < 4.78 is 21.6. The summed E-state index contributed by atoms with van der Waals surface area (Å²) >= 11 is 1.31. The second-order valence-electron chi connectivity index (χ2n) is 2.37. The predicted octanol–water partition coefficient (Wildman–Crippen LogP) is 0.875. The zero-order chi connectivity index (χ0) is 8.48. The maximum absolute atomic E-state index is 10.8. The van der Waals surface area contributed by atoms with Gasteiger partial charge in [-0.2, -0.15) is 0 Å². The molecule has 0 aromatic carbocycles. The average molecular weight is 191 g/mol. The van der Waals surface area contributed by atoms with E-state index in [9.17, 15) is 8.42 Å². The Morgan fingerprint density at radius 1 is 1.55 bits per heavy atom. The van der Waals surface area contributed by atoms with Gasteiger partial charge in [-0.1, -0.05) is 0 Å². The summed E-state index contributed by atoms with van der Waals surface area (Å²) in [4.78, 5) is 0.796. The molecule has 0 aliphatic heterocycles. The standard InChI is InChI=1S/C6H9NO2S2/c1-11(8,9)4-5-2-3-6(7)10-5/h2-3H,4,7H2,1H3. The van der Waals surface area contributed by atoms with Crippen molar-refractivity contribution in [2.45, 2.75) is 5.75 Å². The summed E-state index contributed by atoms with van der Waals surface area (Å²) in [7, 11) is -2.91. The van der Waals surface area contributed by atoms with E-state index in [-0.39, 0.29) is 5.75 Å². The van der Waals surface area contributed by atoms with E-state index in [1.54, 1.807) is 12.1 Å². The highest BCUT2D eigenvalue weighted by atomic mass is 32.2. The van der Waals surface area contributed by atoms with Crippen LogP contribution in [0.2, 0.25) is 0 Å². The van der Waals surface area contributed by atoms with Crippen molar-refractivity contribution in [3.8, 4) is 0 Å². The van der Waals surface area contributed by atoms with Gasteiger partial charge in [0.05, 0.1) is 10.8 Å². The molecule has 0 unspecified atom stereocenters. The molecule has 0 aliphatic carbocycles. The van der Waals surface area contributed by atoms with Gasteiger partial charge in [-0.05, 0) is 12.1 Å². The highest BCUT2D eigenvalue weighted by molar-refractivity contribution is 7.90. The molecule has 2 N–H and O–H groups in total. The summed E-state index contributed by atoms with van der Waals surface area (Å²) in [6.07, 6.45) is 1.21. The Bertz CT molecular complexity index is 339. The van der Waals surface area contributed by atoms with E-state index < -0.39 is 9.84 Å². The number of sulfone groups is 1. The van der Waals surface area contributed by atoms with Crippen molar-refractivity contribution in [3.63, 3.8) is 0 Å². The van der Waals surface area contributed by atoms with Crippen LogP contribution in [0.1, 0.15) is 4.88 Å². The number of hydrogen-bond donors (Lipinski definition) is 1. The Hall–Kier alpha value is -0.550. The number of thiophene rings is 1. The third-order valence-electron chi connectivity index (χ3n) is 1.09. The van der Waals surface area contributed by atoms with Gasteiger partial charge in [0, 0.05) is 11.1 Å². The maximum Gasteiger partial charge on any atom is 0.152 e.